The zero-order chi connectivity index (χ0) is 13.7. The average Bonchev–Trinajstić information content (AvgIpc) is 2.90. The fourth-order valence-electron chi connectivity index (χ4n) is 2.80. The van der Waals surface area contributed by atoms with Crippen LogP contribution in [0.5, 0.6) is 0 Å². The summed E-state index contributed by atoms with van der Waals surface area (Å²) in [5.41, 5.74) is -0.253. The minimum Gasteiger partial charge on any atom is -0.481 e. The van der Waals surface area contributed by atoms with Crippen LogP contribution >= 0.6 is 11.3 Å². The second-order valence-corrected chi connectivity index (χ2v) is 6.24. The van der Waals surface area contributed by atoms with Gasteiger partial charge in [0, 0.05) is 6.54 Å². The Labute approximate surface area is 116 Å². The predicted octanol–water partition coefficient (Wildman–Crippen LogP) is 2.90. The van der Waals surface area contributed by atoms with Crippen LogP contribution in [0.15, 0.2) is 17.5 Å². The number of hydrogen-bond acceptors (Lipinski definition) is 3. The van der Waals surface area contributed by atoms with Gasteiger partial charge in [0.15, 0.2) is 0 Å². The molecule has 1 fully saturated rings. The van der Waals surface area contributed by atoms with Crippen LogP contribution in [0.3, 0.4) is 0 Å². The molecule has 0 aromatic carbocycles. The van der Waals surface area contributed by atoms with E-state index in [1.54, 1.807) is 6.07 Å². The number of thiophene rings is 1. The molecule has 104 valence electrons. The van der Waals surface area contributed by atoms with Crippen LogP contribution in [0, 0.1) is 5.41 Å². The van der Waals surface area contributed by atoms with Crippen molar-refractivity contribution in [3.8, 4) is 0 Å². The SMILES string of the molecule is O=C(O)CC1(CNC(=O)c2cccs2)CCCCC1. The van der Waals surface area contributed by atoms with E-state index in [1.807, 2.05) is 11.4 Å². The van der Waals surface area contributed by atoms with Crippen molar-refractivity contribution in [2.75, 3.05) is 6.54 Å². The molecule has 1 amide bonds. The third-order valence-corrected chi connectivity index (χ3v) is 4.68. The number of carboxylic acid groups (broad SMARTS) is 1. The van der Waals surface area contributed by atoms with E-state index in [1.165, 1.54) is 17.8 Å². The Bertz CT molecular complexity index is 436. The summed E-state index contributed by atoms with van der Waals surface area (Å²) in [7, 11) is 0. The molecular formula is C14H19NO3S. The van der Waals surface area contributed by atoms with Crippen LogP contribution in [0.1, 0.15) is 48.2 Å². The standard InChI is InChI=1S/C14H19NO3S/c16-12(17)9-14(6-2-1-3-7-14)10-15-13(18)11-5-4-8-19-11/h4-5,8H,1-3,6-7,9-10H2,(H,15,18)(H,16,17). The van der Waals surface area contributed by atoms with E-state index in [-0.39, 0.29) is 17.7 Å². The van der Waals surface area contributed by atoms with Crippen LogP contribution in [0.4, 0.5) is 0 Å². The molecule has 2 N–H and O–H groups in total. The number of amides is 1. The zero-order valence-corrected chi connectivity index (χ0v) is 11.7. The molecule has 1 aromatic rings. The second kappa shape index (κ2) is 6.19. The van der Waals surface area contributed by atoms with E-state index in [9.17, 15) is 9.59 Å². The molecule has 0 radical (unpaired) electrons. The maximum Gasteiger partial charge on any atom is 0.303 e. The van der Waals surface area contributed by atoms with Crippen molar-refractivity contribution in [1.29, 1.82) is 0 Å². The highest BCUT2D eigenvalue weighted by atomic mass is 32.1. The monoisotopic (exact) mass is 281 g/mol. The van der Waals surface area contributed by atoms with Crippen molar-refractivity contribution < 1.29 is 14.7 Å². The number of carbonyl (C=O) groups is 2. The highest BCUT2D eigenvalue weighted by Crippen LogP contribution is 2.38. The first-order valence-corrected chi connectivity index (χ1v) is 7.53. The minimum absolute atomic E-state index is 0.0923. The number of carbonyl (C=O) groups excluding carboxylic acids is 1. The molecule has 2 rings (SSSR count). The Balaban J connectivity index is 1.96. The summed E-state index contributed by atoms with van der Waals surface area (Å²) in [5, 5.41) is 13.8. The molecule has 1 aromatic heterocycles. The first kappa shape index (κ1) is 14.1. The molecule has 4 nitrogen and oxygen atoms in total. The van der Waals surface area contributed by atoms with Gasteiger partial charge in [0.25, 0.3) is 5.91 Å². The molecule has 0 atom stereocenters. The number of hydrogen-bond donors (Lipinski definition) is 2. The van der Waals surface area contributed by atoms with E-state index in [0.717, 1.165) is 25.7 Å². The van der Waals surface area contributed by atoms with E-state index >= 15 is 0 Å². The van der Waals surface area contributed by atoms with Gasteiger partial charge in [-0.15, -0.1) is 11.3 Å². The Morgan fingerprint density at radius 3 is 2.63 bits per heavy atom. The van der Waals surface area contributed by atoms with Crippen molar-refractivity contribution in [3.05, 3.63) is 22.4 Å². The number of nitrogens with one attached hydrogen (secondary N) is 1. The molecule has 1 aliphatic rings. The zero-order valence-electron chi connectivity index (χ0n) is 10.9. The normalized spacial score (nSPS) is 17.9. The second-order valence-electron chi connectivity index (χ2n) is 5.29. The molecule has 19 heavy (non-hydrogen) atoms. The Hall–Kier alpha value is -1.36. The lowest BCUT2D eigenvalue weighted by molar-refractivity contribution is -0.140. The van der Waals surface area contributed by atoms with Crippen LogP contribution < -0.4 is 5.32 Å². The largest absolute Gasteiger partial charge is 0.481 e. The Morgan fingerprint density at radius 2 is 2.05 bits per heavy atom. The Kier molecular flexibility index (Phi) is 4.58. The molecule has 0 saturated heterocycles. The van der Waals surface area contributed by atoms with Crippen molar-refractivity contribution in [2.24, 2.45) is 5.41 Å². The van der Waals surface area contributed by atoms with Gasteiger partial charge in [-0.1, -0.05) is 25.3 Å². The summed E-state index contributed by atoms with van der Waals surface area (Å²) in [5.74, 6) is -0.863. The molecule has 1 saturated carbocycles. The summed E-state index contributed by atoms with van der Waals surface area (Å²) >= 11 is 1.40. The fraction of sp³-hybridized carbons (Fsp3) is 0.571. The first-order valence-electron chi connectivity index (χ1n) is 6.65. The molecule has 0 unspecified atom stereocenters. The maximum absolute atomic E-state index is 11.9. The van der Waals surface area contributed by atoms with Crippen molar-refractivity contribution in [3.63, 3.8) is 0 Å². The molecular weight excluding hydrogens is 262 g/mol. The average molecular weight is 281 g/mol. The van der Waals surface area contributed by atoms with E-state index in [0.29, 0.717) is 11.4 Å². The third-order valence-electron chi connectivity index (χ3n) is 3.81. The summed E-state index contributed by atoms with van der Waals surface area (Å²) in [6, 6.07) is 3.62. The third kappa shape index (κ3) is 3.80. The first-order chi connectivity index (χ1) is 9.11. The number of aliphatic carboxylic acids is 1. The van der Waals surface area contributed by atoms with Gasteiger partial charge in [0.05, 0.1) is 11.3 Å². The maximum atomic E-state index is 11.9. The predicted molar refractivity (Wildman–Crippen MR) is 74.4 cm³/mol. The summed E-state index contributed by atoms with van der Waals surface area (Å²) in [6.07, 6.45) is 5.22. The van der Waals surface area contributed by atoms with Gasteiger partial charge in [0.2, 0.25) is 0 Å². The van der Waals surface area contributed by atoms with Gasteiger partial charge in [-0.25, -0.2) is 0 Å². The van der Waals surface area contributed by atoms with Crippen LogP contribution in [0.2, 0.25) is 0 Å². The number of carboxylic acids is 1. The van der Waals surface area contributed by atoms with Gasteiger partial charge in [-0.3, -0.25) is 9.59 Å². The Morgan fingerprint density at radius 1 is 1.32 bits per heavy atom. The summed E-state index contributed by atoms with van der Waals surface area (Å²) < 4.78 is 0. The number of rotatable bonds is 5. The van der Waals surface area contributed by atoms with E-state index in [2.05, 4.69) is 5.32 Å². The van der Waals surface area contributed by atoms with Crippen LogP contribution in [-0.4, -0.2) is 23.5 Å². The minimum atomic E-state index is -0.771. The lowest BCUT2D eigenvalue weighted by atomic mass is 9.71. The van der Waals surface area contributed by atoms with Crippen molar-refractivity contribution in [2.45, 2.75) is 38.5 Å². The van der Waals surface area contributed by atoms with Crippen LogP contribution in [0.25, 0.3) is 0 Å². The van der Waals surface area contributed by atoms with E-state index < -0.39 is 5.97 Å². The van der Waals surface area contributed by atoms with Crippen molar-refractivity contribution in [1.82, 2.24) is 5.32 Å². The smallest absolute Gasteiger partial charge is 0.303 e. The fourth-order valence-corrected chi connectivity index (χ4v) is 3.44. The van der Waals surface area contributed by atoms with Gasteiger partial charge in [-0.05, 0) is 29.7 Å². The topological polar surface area (TPSA) is 66.4 Å². The highest BCUT2D eigenvalue weighted by molar-refractivity contribution is 7.12. The summed E-state index contributed by atoms with van der Waals surface area (Å²) in [4.78, 5) is 23.6. The van der Waals surface area contributed by atoms with Gasteiger partial charge in [0.1, 0.15) is 0 Å². The molecule has 1 heterocycles. The lowest BCUT2D eigenvalue weighted by Gasteiger charge is -2.36. The quantitative estimate of drug-likeness (QED) is 0.872. The molecule has 1 aliphatic carbocycles. The molecule has 0 spiro atoms. The molecule has 0 bridgehead atoms. The van der Waals surface area contributed by atoms with Crippen molar-refractivity contribution >= 4 is 23.2 Å². The summed E-state index contributed by atoms with van der Waals surface area (Å²) in [6.45, 7) is 0.468. The lowest BCUT2D eigenvalue weighted by Crippen LogP contribution is -2.40. The van der Waals surface area contributed by atoms with Crippen LogP contribution in [-0.2, 0) is 4.79 Å². The van der Waals surface area contributed by atoms with E-state index in [4.69, 9.17) is 5.11 Å². The molecule has 0 aliphatic heterocycles. The molecule has 5 heteroatoms. The highest BCUT2D eigenvalue weighted by Gasteiger charge is 2.34. The van der Waals surface area contributed by atoms with Gasteiger partial charge < -0.3 is 10.4 Å². The van der Waals surface area contributed by atoms with Gasteiger partial charge in [-0.2, -0.15) is 0 Å². The van der Waals surface area contributed by atoms with Gasteiger partial charge >= 0.3 is 5.97 Å².